The summed E-state index contributed by atoms with van der Waals surface area (Å²) in [7, 11) is 0. The van der Waals surface area contributed by atoms with E-state index >= 15 is 0 Å². The van der Waals surface area contributed by atoms with Crippen molar-refractivity contribution in [3.63, 3.8) is 0 Å². The fraction of sp³-hybridized carbons (Fsp3) is 0.333. The van der Waals surface area contributed by atoms with Crippen LogP contribution in [0.2, 0.25) is 0 Å². The van der Waals surface area contributed by atoms with Crippen molar-refractivity contribution in [3.05, 3.63) is 53.6 Å². The summed E-state index contributed by atoms with van der Waals surface area (Å²) in [6.07, 6.45) is 2.97. The molecule has 3 rings (SSSR count). The van der Waals surface area contributed by atoms with Gasteiger partial charge in [-0.3, -0.25) is 9.78 Å². The Hall–Kier alpha value is -2.67. The Bertz CT molecular complexity index is 774. The molecule has 0 spiro atoms. The number of nitrogens with two attached hydrogens (primary N) is 2. The zero-order chi connectivity index (χ0) is 17.9. The van der Waals surface area contributed by atoms with Crippen molar-refractivity contribution in [2.45, 2.75) is 18.3 Å². The third-order valence-corrected chi connectivity index (χ3v) is 4.73. The maximum atomic E-state index is 14.3. The number of amides is 1. The van der Waals surface area contributed by atoms with Gasteiger partial charge in [0.1, 0.15) is 5.82 Å². The number of hydrogen-bond acceptors (Lipinski definition) is 5. The highest BCUT2D eigenvalue weighted by molar-refractivity contribution is 5.99. The Balaban J connectivity index is 1.82. The van der Waals surface area contributed by atoms with Crippen LogP contribution in [0.25, 0.3) is 0 Å². The van der Waals surface area contributed by atoms with Crippen LogP contribution in [0.1, 0.15) is 28.9 Å². The van der Waals surface area contributed by atoms with Crippen LogP contribution in [0.3, 0.4) is 0 Å². The van der Waals surface area contributed by atoms with Crippen LogP contribution < -0.4 is 22.1 Å². The van der Waals surface area contributed by atoms with Crippen LogP contribution in [0.15, 0.2) is 36.5 Å². The van der Waals surface area contributed by atoms with Crippen molar-refractivity contribution in [2.24, 2.45) is 0 Å². The van der Waals surface area contributed by atoms with Crippen molar-refractivity contribution in [2.75, 3.05) is 31.1 Å². The molecule has 1 saturated heterocycles. The molecular weight excluding hydrogens is 321 g/mol. The van der Waals surface area contributed by atoms with Crippen molar-refractivity contribution in [1.29, 1.82) is 0 Å². The lowest BCUT2D eigenvalue weighted by atomic mass is 9.75. The molecule has 1 aliphatic rings. The fourth-order valence-corrected chi connectivity index (χ4v) is 3.31. The summed E-state index contributed by atoms with van der Waals surface area (Å²) in [4.78, 5) is 16.8. The van der Waals surface area contributed by atoms with E-state index in [0.29, 0.717) is 42.0 Å². The summed E-state index contributed by atoms with van der Waals surface area (Å²) in [5.41, 5.74) is 12.6. The highest BCUT2D eigenvalue weighted by atomic mass is 19.1. The Kier molecular flexibility index (Phi) is 4.85. The monoisotopic (exact) mass is 343 g/mol. The molecule has 0 radical (unpaired) electrons. The molecule has 0 unspecified atom stereocenters. The SMILES string of the molecule is Nc1ccc(C(=O)NCC2(c3ncccc3F)CCNCC2)c(N)c1. The van der Waals surface area contributed by atoms with Gasteiger partial charge in [0.15, 0.2) is 0 Å². The van der Waals surface area contributed by atoms with Gasteiger partial charge in [0.25, 0.3) is 5.91 Å². The first-order valence-electron chi connectivity index (χ1n) is 8.27. The third kappa shape index (κ3) is 3.56. The number of piperidine rings is 1. The highest BCUT2D eigenvalue weighted by Gasteiger charge is 2.37. The number of anilines is 2. The average molecular weight is 343 g/mol. The van der Waals surface area contributed by atoms with Crippen LogP contribution >= 0.6 is 0 Å². The molecule has 2 aromatic rings. The van der Waals surface area contributed by atoms with Gasteiger partial charge in [-0.05, 0) is 56.3 Å². The van der Waals surface area contributed by atoms with Gasteiger partial charge in [-0.2, -0.15) is 0 Å². The minimum absolute atomic E-state index is 0.297. The lowest BCUT2D eigenvalue weighted by molar-refractivity contribution is 0.0937. The molecule has 0 saturated carbocycles. The summed E-state index contributed by atoms with van der Waals surface area (Å²) in [6, 6.07) is 7.75. The lowest BCUT2D eigenvalue weighted by Gasteiger charge is -2.37. The molecule has 0 atom stereocenters. The van der Waals surface area contributed by atoms with E-state index in [1.165, 1.54) is 6.07 Å². The first-order chi connectivity index (χ1) is 12.0. The van der Waals surface area contributed by atoms with Gasteiger partial charge in [-0.1, -0.05) is 0 Å². The molecule has 1 aromatic heterocycles. The largest absolute Gasteiger partial charge is 0.399 e. The number of carbonyl (C=O) groups is 1. The molecule has 7 heteroatoms. The zero-order valence-corrected chi connectivity index (χ0v) is 13.9. The quantitative estimate of drug-likeness (QED) is 0.629. The summed E-state index contributed by atoms with van der Waals surface area (Å²) in [5.74, 6) is -0.641. The Morgan fingerprint density at radius 3 is 2.72 bits per heavy atom. The Morgan fingerprint density at radius 2 is 2.04 bits per heavy atom. The van der Waals surface area contributed by atoms with E-state index < -0.39 is 5.41 Å². The van der Waals surface area contributed by atoms with Crippen LogP contribution in [0, 0.1) is 5.82 Å². The van der Waals surface area contributed by atoms with Crippen LogP contribution in [0.5, 0.6) is 0 Å². The number of rotatable bonds is 4. The summed E-state index contributed by atoms with van der Waals surface area (Å²) in [6.45, 7) is 1.79. The molecule has 132 valence electrons. The van der Waals surface area contributed by atoms with Gasteiger partial charge in [0.2, 0.25) is 0 Å². The molecule has 1 fully saturated rings. The van der Waals surface area contributed by atoms with Gasteiger partial charge in [0, 0.05) is 29.5 Å². The smallest absolute Gasteiger partial charge is 0.253 e. The van der Waals surface area contributed by atoms with Crippen LogP contribution in [-0.2, 0) is 5.41 Å². The standard InChI is InChI=1S/C18H22FN5O/c19-14-2-1-7-23-16(14)18(5-8-22-9-6-18)11-24-17(25)13-4-3-12(20)10-15(13)21/h1-4,7,10,22H,5-6,8-9,11,20-21H2,(H,24,25). The van der Waals surface area contributed by atoms with E-state index in [9.17, 15) is 9.18 Å². The number of nitrogen functional groups attached to an aromatic ring is 2. The molecule has 1 amide bonds. The van der Waals surface area contributed by atoms with E-state index in [4.69, 9.17) is 11.5 Å². The molecule has 6 N–H and O–H groups in total. The van der Waals surface area contributed by atoms with E-state index in [0.717, 1.165) is 13.1 Å². The highest BCUT2D eigenvalue weighted by Crippen LogP contribution is 2.33. The molecule has 1 aromatic carbocycles. The maximum absolute atomic E-state index is 14.3. The van der Waals surface area contributed by atoms with Gasteiger partial charge in [-0.25, -0.2) is 4.39 Å². The summed E-state index contributed by atoms with van der Waals surface area (Å²) < 4.78 is 14.3. The maximum Gasteiger partial charge on any atom is 0.253 e. The lowest BCUT2D eigenvalue weighted by Crippen LogP contribution is -2.48. The van der Waals surface area contributed by atoms with Crippen molar-refractivity contribution in [3.8, 4) is 0 Å². The molecule has 6 nitrogen and oxygen atoms in total. The van der Waals surface area contributed by atoms with Gasteiger partial charge < -0.3 is 22.1 Å². The Labute approximate surface area is 145 Å². The summed E-state index contributed by atoms with van der Waals surface area (Å²) in [5, 5.41) is 6.17. The van der Waals surface area contributed by atoms with E-state index in [1.54, 1.807) is 30.5 Å². The van der Waals surface area contributed by atoms with Gasteiger partial charge >= 0.3 is 0 Å². The number of carbonyl (C=O) groups excluding carboxylic acids is 1. The van der Waals surface area contributed by atoms with Crippen molar-refractivity contribution >= 4 is 17.3 Å². The van der Waals surface area contributed by atoms with E-state index in [1.807, 2.05) is 0 Å². The molecule has 1 aliphatic heterocycles. The number of aromatic nitrogens is 1. The first kappa shape index (κ1) is 17.2. The second-order valence-electron chi connectivity index (χ2n) is 6.39. The normalized spacial score (nSPS) is 16.4. The first-order valence-corrected chi connectivity index (χ1v) is 8.27. The summed E-state index contributed by atoms with van der Waals surface area (Å²) >= 11 is 0. The van der Waals surface area contributed by atoms with Crippen molar-refractivity contribution in [1.82, 2.24) is 15.6 Å². The van der Waals surface area contributed by atoms with Crippen LogP contribution in [-0.4, -0.2) is 30.5 Å². The molecule has 0 bridgehead atoms. The van der Waals surface area contributed by atoms with Gasteiger partial charge in [0.05, 0.1) is 11.3 Å². The fourth-order valence-electron chi connectivity index (χ4n) is 3.31. The second kappa shape index (κ2) is 7.06. The zero-order valence-electron chi connectivity index (χ0n) is 13.9. The Morgan fingerprint density at radius 1 is 1.28 bits per heavy atom. The topological polar surface area (TPSA) is 106 Å². The predicted octanol–water partition coefficient (Wildman–Crippen LogP) is 1.44. The second-order valence-corrected chi connectivity index (χ2v) is 6.39. The number of nitrogens with one attached hydrogen (secondary N) is 2. The number of benzene rings is 1. The number of nitrogens with zero attached hydrogens (tertiary/aromatic N) is 1. The third-order valence-electron chi connectivity index (χ3n) is 4.73. The minimum atomic E-state index is -0.533. The molecule has 0 aliphatic carbocycles. The molecular formula is C18H22FN5O. The molecule has 25 heavy (non-hydrogen) atoms. The van der Waals surface area contributed by atoms with Crippen molar-refractivity contribution < 1.29 is 9.18 Å². The minimum Gasteiger partial charge on any atom is -0.399 e. The number of halogens is 1. The number of hydrogen-bond donors (Lipinski definition) is 4. The molecule has 2 heterocycles. The van der Waals surface area contributed by atoms with Gasteiger partial charge in [-0.15, -0.1) is 0 Å². The van der Waals surface area contributed by atoms with Crippen LogP contribution in [0.4, 0.5) is 15.8 Å². The average Bonchev–Trinajstić information content (AvgIpc) is 2.61. The predicted molar refractivity (Wildman–Crippen MR) is 95.6 cm³/mol. The van der Waals surface area contributed by atoms with E-state index in [2.05, 4.69) is 15.6 Å². The van der Waals surface area contributed by atoms with E-state index in [-0.39, 0.29) is 11.7 Å². The number of pyridine rings is 1.